The van der Waals surface area contributed by atoms with Gasteiger partial charge < -0.3 is 15.2 Å². The number of aliphatic hydroxyl groups excluding tert-OH is 1. The fourth-order valence-corrected chi connectivity index (χ4v) is 5.02. The molecule has 0 bridgehead atoms. The Morgan fingerprint density at radius 1 is 1.00 bits per heavy atom. The number of morpholine rings is 1. The van der Waals surface area contributed by atoms with Crippen LogP contribution >= 0.6 is 0 Å². The monoisotopic (exact) mass is 429 g/mol. The van der Waals surface area contributed by atoms with Gasteiger partial charge in [0.25, 0.3) is 5.91 Å². The summed E-state index contributed by atoms with van der Waals surface area (Å²) in [5.74, 6) is -0.382. The Bertz CT molecular complexity index is 742. The summed E-state index contributed by atoms with van der Waals surface area (Å²) in [4.78, 5) is 29.8. The number of carbonyl (C=O) groups excluding carboxylic acids is 2. The fraction of sp³-hybridized carbons (Fsp3) is 0.667. The molecule has 1 aromatic carbocycles. The molecule has 1 aliphatic carbocycles. The molecule has 31 heavy (non-hydrogen) atoms. The van der Waals surface area contributed by atoms with Crippen LogP contribution in [0, 0.1) is 0 Å². The fourth-order valence-electron chi connectivity index (χ4n) is 5.02. The maximum Gasteiger partial charge on any atom is 0.264 e. The number of rotatable bonds is 7. The number of hydrogen-bond donors (Lipinski definition) is 2. The zero-order valence-electron chi connectivity index (χ0n) is 18.3. The lowest BCUT2D eigenvalue weighted by Gasteiger charge is -2.30. The number of amides is 1. The van der Waals surface area contributed by atoms with E-state index in [1.165, 1.54) is 12.0 Å². The molecule has 2 heterocycles. The molecule has 7 nitrogen and oxygen atoms in total. The summed E-state index contributed by atoms with van der Waals surface area (Å²) in [5.41, 5.74) is 1.82. The van der Waals surface area contributed by atoms with Crippen LogP contribution in [0.5, 0.6) is 0 Å². The normalized spacial score (nSPS) is 24.7. The Labute approximate surface area is 184 Å². The zero-order chi connectivity index (χ0) is 21.6. The van der Waals surface area contributed by atoms with E-state index < -0.39 is 12.3 Å². The summed E-state index contributed by atoms with van der Waals surface area (Å²) in [6.07, 6.45) is 5.60. The number of aliphatic hydroxyl groups is 1. The van der Waals surface area contributed by atoms with Crippen molar-refractivity contribution in [3.05, 3.63) is 35.4 Å². The standard InChI is InChI=1S/C24H35N3O4/c28-22(19-10-8-18(9-11-19)17-26-13-15-31-16-14-26)21-7-4-12-27(21)24(30)23(29)25-20-5-2-1-3-6-20/h8-11,20-21,24,30H,1-7,12-17H2,(H,25,29). The molecule has 3 aliphatic rings. The molecular weight excluding hydrogens is 394 g/mol. The van der Waals surface area contributed by atoms with Gasteiger partial charge in [-0.05, 0) is 31.2 Å². The van der Waals surface area contributed by atoms with Gasteiger partial charge in [0.1, 0.15) is 0 Å². The molecule has 1 saturated carbocycles. The number of ether oxygens (including phenoxy) is 1. The summed E-state index contributed by atoms with van der Waals surface area (Å²) >= 11 is 0. The average molecular weight is 430 g/mol. The predicted octanol–water partition coefficient (Wildman–Crippen LogP) is 1.93. The van der Waals surface area contributed by atoms with Crippen LogP contribution in [0.3, 0.4) is 0 Å². The first kappa shape index (κ1) is 22.4. The van der Waals surface area contributed by atoms with Gasteiger partial charge in [0, 0.05) is 37.8 Å². The highest BCUT2D eigenvalue weighted by atomic mass is 16.5. The van der Waals surface area contributed by atoms with E-state index >= 15 is 0 Å². The second-order valence-electron chi connectivity index (χ2n) is 9.06. The van der Waals surface area contributed by atoms with Crippen LogP contribution in [0.4, 0.5) is 0 Å². The third-order valence-electron chi connectivity index (χ3n) is 6.85. The van der Waals surface area contributed by atoms with Gasteiger partial charge in [-0.25, -0.2) is 0 Å². The molecule has 1 aromatic rings. The smallest absolute Gasteiger partial charge is 0.264 e. The van der Waals surface area contributed by atoms with E-state index in [0.717, 1.165) is 65.0 Å². The van der Waals surface area contributed by atoms with Crippen LogP contribution < -0.4 is 5.32 Å². The van der Waals surface area contributed by atoms with Crippen molar-refractivity contribution in [3.8, 4) is 0 Å². The number of Topliss-reactive ketones (excluding diaryl/α,β-unsaturated/α-hetero) is 1. The van der Waals surface area contributed by atoms with E-state index in [1.807, 2.05) is 24.3 Å². The lowest BCUT2D eigenvalue weighted by atomic mass is 9.95. The first-order chi connectivity index (χ1) is 15.1. The molecule has 0 radical (unpaired) electrons. The SMILES string of the molecule is O=C(NC1CCCCC1)C(O)N1CCCC1C(=O)c1ccc(CN2CCOCC2)cc1. The summed E-state index contributed by atoms with van der Waals surface area (Å²) in [5, 5.41) is 13.7. The van der Waals surface area contributed by atoms with Crippen molar-refractivity contribution in [2.45, 2.75) is 69.8 Å². The molecule has 2 unspecified atom stereocenters. The second kappa shape index (κ2) is 10.7. The van der Waals surface area contributed by atoms with Crippen molar-refractivity contribution in [2.24, 2.45) is 0 Å². The third-order valence-corrected chi connectivity index (χ3v) is 6.85. The third kappa shape index (κ3) is 5.71. The first-order valence-electron chi connectivity index (χ1n) is 11.8. The molecule has 7 heteroatoms. The van der Waals surface area contributed by atoms with E-state index in [1.54, 1.807) is 4.90 Å². The predicted molar refractivity (Wildman–Crippen MR) is 118 cm³/mol. The van der Waals surface area contributed by atoms with E-state index in [9.17, 15) is 14.7 Å². The Kier molecular flexibility index (Phi) is 7.72. The number of benzene rings is 1. The van der Waals surface area contributed by atoms with Gasteiger partial charge in [0.05, 0.1) is 19.3 Å². The van der Waals surface area contributed by atoms with Gasteiger partial charge >= 0.3 is 0 Å². The lowest BCUT2D eigenvalue weighted by Crippen LogP contribution is -2.53. The summed E-state index contributed by atoms with van der Waals surface area (Å²) in [7, 11) is 0. The summed E-state index contributed by atoms with van der Waals surface area (Å²) < 4.78 is 5.39. The van der Waals surface area contributed by atoms with E-state index in [0.29, 0.717) is 18.5 Å². The Morgan fingerprint density at radius 2 is 1.71 bits per heavy atom. The second-order valence-corrected chi connectivity index (χ2v) is 9.06. The quantitative estimate of drug-likeness (QED) is 0.645. The number of nitrogens with zero attached hydrogens (tertiary/aromatic N) is 2. The van der Waals surface area contributed by atoms with Crippen molar-refractivity contribution < 1.29 is 19.4 Å². The first-order valence-corrected chi connectivity index (χ1v) is 11.8. The Morgan fingerprint density at radius 3 is 2.42 bits per heavy atom. The molecule has 2 atom stereocenters. The molecule has 2 N–H and O–H groups in total. The molecular formula is C24H35N3O4. The van der Waals surface area contributed by atoms with Gasteiger partial charge in [-0.2, -0.15) is 0 Å². The van der Waals surface area contributed by atoms with Crippen LogP contribution in [-0.2, 0) is 16.1 Å². The molecule has 0 aromatic heterocycles. The van der Waals surface area contributed by atoms with E-state index in [2.05, 4.69) is 10.2 Å². The van der Waals surface area contributed by atoms with E-state index in [4.69, 9.17) is 4.74 Å². The molecule has 170 valence electrons. The molecule has 1 amide bonds. The maximum atomic E-state index is 13.2. The van der Waals surface area contributed by atoms with Crippen molar-refractivity contribution in [3.63, 3.8) is 0 Å². The van der Waals surface area contributed by atoms with Crippen molar-refractivity contribution in [1.29, 1.82) is 0 Å². The highest BCUT2D eigenvalue weighted by molar-refractivity contribution is 6.00. The minimum Gasteiger partial charge on any atom is -0.379 e. The molecule has 0 spiro atoms. The number of hydrogen-bond acceptors (Lipinski definition) is 6. The Balaban J connectivity index is 1.34. The molecule has 2 saturated heterocycles. The van der Waals surface area contributed by atoms with Gasteiger partial charge in [0.2, 0.25) is 0 Å². The number of nitrogens with one attached hydrogen (secondary N) is 1. The highest BCUT2D eigenvalue weighted by Gasteiger charge is 2.38. The summed E-state index contributed by atoms with van der Waals surface area (Å²) in [6, 6.07) is 7.47. The zero-order valence-corrected chi connectivity index (χ0v) is 18.3. The minimum atomic E-state index is -1.26. The van der Waals surface area contributed by atoms with Crippen LogP contribution in [0.1, 0.15) is 60.9 Å². The molecule has 2 aliphatic heterocycles. The van der Waals surface area contributed by atoms with E-state index in [-0.39, 0.29) is 17.7 Å². The Hall–Kier alpha value is -1.80. The van der Waals surface area contributed by atoms with Crippen LogP contribution in [-0.4, -0.2) is 77.8 Å². The van der Waals surface area contributed by atoms with Gasteiger partial charge in [-0.3, -0.25) is 19.4 Å². The van der Waals surface area contributed by atoms with Crippen LogP contribution in [0.2, 0.25) is 0 Å². The van der Waals surface area contributed by atoms with Crippen molar-refractivity contribution in [2.75, 3.05) is 32.8 Å². The van der Waals surface area contributed by atoms with Crippen LogP contribution in [0.25, 0.3) is 0 Å². The highest BCUT2D eigenvalue weighted by Crippen LogP contribution is 2.24. The average Bonchev–Trinajstić information content (AvgIpc) is 3.30. The van der Waals surface area contributed by atoms with Gasteiger partial charge in [-0.1, -0.05) is 43.5 Å². The van der Waals surface area contributed by atoms with Crippen molar-refractivity contribution in [1.82, 2.24) is 15.1 Å². The minimum absolute atomic E-state index is 0.0139. The number of ketones is 1. The largest absolute Gasteiger partial charge is 0.379 e. The van der Waals surface area contributed by atoms with Gasteiger partial charge in [-0.15, -0.1) is 0 Å². The van der Waals surface area contributed by atoms with Crippen molar-refractivity contribution >= 4 is 11.7 Å². The lowest BCUT2D eigenvalue weighted by molar-refractivity contribution is -0.140. The number of likely N-dealkylation sites (tertiary alicyclic amines) is 1. The maximum absolute atomic E-state index is 13.2. The summed E-state index contributed by atoms with van der Waals surface area (Å²) in [6.45, 7) is 4.81. The topological polar surface area (TPSA) is 82.1 Å². The van der Waals surface area contributed by atoms with Crippen LogP contribution in [0.15, 0.2) is 24.3 Å². The number of carbonyl (C=O) groups is 2. The molecule has 3 fully saturated rings. The van der Waals surface area contributed by atoms with Gasteiger partial charge in [0.15, 0.2) is 12.0 Å². The molecule has 4 rings (SSSR count).